The van der Waals surface area contributed by atoms with E-state index in [1.165, 1.54) is 24.8 Å². The maximum absolute atomic E-state index is 12.4. The van der Waals surface area contributed by atoms with Crippen LogP contribution < -0.4 is 5.32 Å². The Labute approximate surface area is 152 Å². The van der Waals surface area contributed by atoms with E-state index in [1.807, 2.05) is 0 Å². The van der Waals surface area contributed by atoms with Gasteiger partial charge in [0.15, 0.2) is 0 Å². The first-order valence-electron chi connectivity index (χ1n) is 8.90. The number of carbonyl (C=O) groups is 2. The number of benzene rings is 1. The smallest absolute Gasteiger partial charge is 0.335 e. The Morgan fingerprint density at radius 2 is 2.00 bits per heavy atom. The lowest BCUT2D eigenvalue weighted by molar-refractivity contribution is 0.0696. The van der Waals surface area contributed by atoms with Gasteiger partial charge in [0.2, 0.25) is 0 Å². The highest BCUT2D eigenvalue weighted by atomic mass is 16.4. The molecule has 0 radical (unpaired) electrons. The Kier molecular flexibility index (Phi) is 5.63. The highest BCUT2D eigenvalue weighted by molar-refractivity contribution is 5.94. The molecule has 1 aromatic heterocycles. The van der Waals surface area contributed by atoms with E-state index in [4.69, 9.17) is 5.11 Å². The van der Waals surface area contributed by atoms with Crippen molar-refractivity contribution in [3.8, 4) is 11.3 Å². The Balaban J connectivity index is 1.64. The van der Waals surface area contributed by atoms with Crippen molar-refractivity contribution in [1.82, 2.24) is 15.2 Å². The molecule has 0 aliphatic carbocycles. The van der Waals surface area contributed by atoms with E-state index in [0.717, 1.165) is 25.1 Å². The lowest BCUT2D eigenvalue weighted by Gasteiger charge is -2.22. The predicted octanol–water partition coefficient (Wildman–Crippen LogP) is 2.66. The van der Waals surface area contributed by atoms with Crippen molar-refractivity contribution in [3.05, 3.63) is 53.7 Å². The van der Waals surface area contributed by atoms with Crippen LogP contribution in [0.4, 0.5) is 0 Å². The third-order valence-electron chi connectivity index (χ3n) is 4.85. The van der Waals surface area contributed by atoms with Gasteiger partial charge < -0.3 is 10.4 Å². The van der Waals surface area contributed by atoms with Gasteiger partial charge in [-0.25, -0.2) is 4.79 Å². The van der Waals surface area contributed by atoms with Crippen LogP contribution in [0, 0.1) is 0 Å². The molecule has 1 aromatic carbocycles. The molecule has 3 rings (SSSR count). The number of rotatable bonds is 6. The number of aromatic nitrogens is 1. The summed E-state index contributed by atoms with van der Waals surface area (Å²) in [5.74, 6) is -1.08. The van der Waals surface area contributed by atoms with Crippen LogP contribution in [0.5, 0.6) is 0 Å². The minimum Gasteiger partial charge on any atom is -0.478 e. The van der Waals surface area contributed by atoms with Crippen LogP contribution in [0.15, 0.2) is 42.6 Å². The standard InChI is InChI=1S/C20H23N3O3/c1-2-23-11-3-4-17(23)13-22-19(24)15-7-5-14(6-8-15)18-12-16(20(25)26)9-10-21-18/h5-10,12,17H,2-4,11,13H2,1H3,(H,22,24)(H,25,26). The zero-order valence-electron chi connectivity index (χ0n) is 14.8. The number of carbonyl (C=O) groups excluding carboxylic acids is 1. The van der Waals surface area contributed by atoms with Gasteiger partial charge >= 0.3 is 5.97 Å². The number of hydrogen-bond donors (Lipinski definition) is 2. The van der Waals surface area contributed by atoms with Crippen LogP contribution in [0.3, 0.4) is 0 Å². The Morgan fingerprint density at radius 3 is 2.69 bits per heavy atom. The monoisotopic (exact) mass is 353 g/mol. The summed E-state index contributed by atoms with van der Waals surface area (Å²) in [6, 6.07) is 10.5. The van der Waals surface area contributed by atoms with Crippen molar-refractivity contribution in [2.24, 2.45) is 0 Å². The van der Waals surface area contributed by atoms with Crippen molar-refractivity contribution in [1.29, 1.82) is 0 Å². The van der Waals surface area contributed by atoms with Crippen molar-refractivity contribution < 1.29 is 14.7 Å². The fourth-order valence-electron chi connectivity index (χ4n) is 3.37. The van der Waals surface area contributed by atoms with Crippen molar-refractivity contribution in [2.45, 2.75) is 25.8 Å². The molecule has 1 fully saturated rings. The minimum atomic E-state index is -0.988. The molecule has 0 bridgehead atoms. The second-order valence-electron chi connectivity index (χ2n) is 6.45. The van der Waals surface area contributed by atoms with Gasteiger partial charge in [0, 0.05) is 29.9 Å². The number of nitrogens with one attached hydrogen (secondary N) is 1. The highest BCUT2D eigenvalue weighted by Crippen LogP contribution is 2.19. The van der Waals surface area contributed by atoms with Crippen LogP contribution >= 0.6 is 0 Å². The number of nitrogens with zero attached hydrogens (tertiary/aromatic N) is 2. The normalized spacial score (nSPS) is 17.2. The molecule has 1 unspecified atom stereocenters. The van der Waals surface area contributed by atoms with Gasteiger partial charge in [-0.1, -0.05) is 19.1 Å². The van der Waals surface area contributed by atoms with Gasteiger partial charge in [0.25, 0.3) is 5.91 Å². The number of hydrogen-bond acceptors (Lipinski definition) is 4. The van der Waals surface area contributed by atoms with E-state index in [0.29, 0.717) is 23.8 Å². The number of likely N-dealkylation sites (tertiary alicyclic amines) is 1. The van der Waals surface area contributed by atoms with Crippen molar-refractivity contribution in [2.75, 3.05) is 19.6 Å². The lowest BCUT2D eigenvalue weighted by atomic mass is 10.1. The molecule has 1 aliphatic heterocycles. The van der Waals surface area contributed by atoms with Gasteiger partial charge in [-0.2, -0.15) is 0 Å². The fraction of sp³-hybridized carbons (Fsp3) is 0.350. The van der Waals surface area contributed by atoms with Crippen LogP contribution in [0.2, 0.25) is 0 Å². The molecule has 0 spiro atoms. The van der Waals surface area contributed by atoms with E-state index in [9.17, 15) is 9.59 Å². The average Bonchev–Trinajstić information content (AvgIpc) is 3.14. The summed E-state index contributed by atoms with van der Waals surface area (Å²) in [5, 5.41) is 12.1. The Hall–Kier alpha value is -2.73. The Bertz CT molecular complexity index is 789. The molecule has 2 aromatic rings. The van der Waals surface area contributed by atoms with Gasteiger partial charge in [-0.15, -0.1) is 0 Å². The SMILES string of the molecule is CCN1CCCC1CNC(=O)c1ccc(-c2cc(C(=O)O)ccn2)cc1. The molecule has 6 heteroatoms. The summed E-state index contributed by atoms with van der Waals surface area (Å²) < 4.78 is 0. The van der Waals surface area contributed by atoms with E-state index >= 15 is 0 Å². The van der Waals surface area contributed by atoms with E-state index in [1.54, 1.807) is 24.3 Å². The summed E-state index contributed by atoms with van der Waals surface area (Å²) in [7, 11) is 0. The van der Waals surface area contributed by atoms with Crippen LogP contribution in [-0.2, 0) is 0 Å². The first-order valence-corrected chi connectivity index (χ1v) is 8.90. The van der Waals surface area contributed by atoms with E-state index < -0.39 is 5.97 Å². The van der Waals surface area contributed by atoms with E-state index in [2.05, 4.69) is 22.1 Å². The zero-order valence-corrected chi connectivity index (χ0v) is 14.8. The lowest BCUT2D eigenvalue weighted by Crippen LogP contribution is -2.40. The predicted molar refractivity (Wildman–Crippen MR) is 99.2 cm³/mol. The number of aromatic carboxylic acids is 1. The summed E-state index contributed by atoms with van der Waals surface area (Å²) in [5.41, 5.74) is 2.12. The van der Waals surface area contributed by atoms with Gasteiger partial charge in [0.1, 0.15) is 0 Å². The fourth-order valence-corrected chi connectivity index (χ4v) is 3.37. The van der Waals surface area contributed by atoms with Gasteiger partial charge in [-0.3, -0.25) is 14.7 Å². The summed E-state index contributed by atoms with van der Waals surface area (Å²) in [4.78, 5) is 30.0. The summed E-state index contributed by atoms with van der Waals surface area (Å²) in [6.45, 7) is 4.93. The quantitative estimate of drug-likeness (QED) is 0.834. The number of likely N-dealkylation sites (N-methyl/N-ethyl adjacent to an activating group) is 1. The molecule has 1 saturated heterocycles. The van der Waals surface area contributed by atoms with Gasteiger partial charge in [-0.05, 0) is 50.2 Å². The molecule has 1 aliphatic rings. The first-order chi connectivity index (χ1) is 12.6. The molecule has 0 saturated carbocycles. The maximum Gasteiger partial charge on any atom is 0.335 e. The zero-order chi connectivity index (χ0) is 18.5. The van der Waals surface area contributed by atoms with Crippen LogP contribution in [0.25, 0.3) is 11.3 Å². The third kappa shape index (κ3) is 4.08. The van der Waals surface area contributed by atoms with Crippen LogP contribution in [0.1, 0.15) is 40.5 Å². The molecule has 6 nitrogen and oxygen atoms in total. The second-order valence-corrected chi connectivity index (χ2v) is 6.45. The number of amides is 1. The molecule has 136 valence electrons. The number of carboxylic acid groups (broad SMARTS) is 1. The van der Waals surface area contributed by atoms with Crippen molar-refractivity contribution >= 4 is 11.9 Å². The third-order valence-corrected chi connectivity index (χ3v) is 4.85. The topological polar surface area (TPSA) is 82.5 Å². The molecule has 26 heavy (non-hydrogen) atoms. The first kappa shape index (κ1) is 18.1. The van der Waals surface area contributed by atoms with Crippen molar-refractivity contribution in [3.63, 3.8) is 0 Å². The Morgan fingerprint density at radius 1 is 1.23 bits per heavy atom. The molecular weight excluding hydrogens is 330 g/mol. The molecule has 2 N–H and O–H groups in total. The number of pyridine rings is 1. The largest absolute Gasteiger partial charge is 0.478 e. The second kappa shape index (κ2) is 8.10. The van der Waals surface area contributed by atoms with Crippen LogP contribution in [-0.4, -0.2) is 52.5 Å². The summed E-state index contributed by atoms with van der Waals surface area (Å²) in [6.07, 6.45) is 3.78. The molecular formula is C20H23N3O3. The molecule has 1 amide bonds. The highest BCUT2D eigenvalue weighted by Gasteiger charge is 2.23. The average molecular weight is 353 g/mol. The molecule has 2 heterocycles. The minimum absolute atomic E-state index is 0.0910. The van der Waals surface area contributed by atoms with E-state index in [-0.39, 0.29) is 11.5 Å². The van der Waals surface area contributed by atoms with Gasteiger partial charge in [0.05, 0.1) is 11.3 Å². The maximum atomic E-state index is 12.4. The summed E-state index contributed by atoms with van der Waals surface area (Å²) >= 11 is 0. The number of carboxylic acids is 1. The molecule has 1 atom stereocenters.